The summed E-state index contributed by atoms with van der Waals surface area (Å²) in [6.45, 7) is 12.9. The van der Waals surface area contributed by atoms with Crippen molar-refractivity contribution in [3.8, 4) is 0 Å². The van der Waals surface area contributed by atoms with E-state index in [1.54, 1.807) is 33.5 Å². The van der Waals surface area contributed by atoms with E-state index >= 15 is 0 Å². The van der Waals surface area contributed by atoms with Crippen molar-refractivity contribution in [1.29, 1.82) is 0 Å². The monoisotopic (exact) mass is 676 g/mol. The largest absolute Gasteiger partial charge is 0.469 e. The van der Waals surface area contributed by atoms with Gasteiger partial charge in [0.25, 0.3) is 0 Å². The lowest BCUT2D eigenvalue weighted by molar-refractivity contribution is -0.318. The number of hydrogen-bond donors (Lipinski definition) is 1. The van der Waals surface area contributed by atoms with Crippen LogP contribution in [0.2, 0.25) is 18.1 Å². The lowest BCUT2D eigenvalue weighted by Crippen LogP contribution is -2.60. The van der Waals surface area contributed by atoms with Crippen LogP contribution in [0.4, 0.5) is 0 Å². The number of ether oxygens (including phenoxy) is 6. The van der Waals surface area contributed by atoms with Crippen molar-refractivity contribution >= 4 is 30.2 Å². The first-order valence-corrected chi connectivity index (χ1v) is 18.1. The Morgan fingerprint density at radius 3 is 2.19 bits per heavy atom. The molecule has 0 amide bonds. The number of rotatable bonds is 17. The van der Waals surface area contributed by atoms with Crippen LogP contribution in [-0.4, -0.2) is 97.4 Å². The lowest BCUT2D eigenvalue weighted by Gasteiger charge is -2.46. The minimum atomic E-state index is -2.28. The maximum Gasteiger partial charge on any atom is 0.305 e. The summed E-state index contributed by atoms with van der Waals surface area (Å²) >= 11 is 3.67. The van der Waals surface area contributed by atoms with E-state index in [4.69, 9.17) is 38.0 Å². The van der Waals surface area contributed by atoms with Crippen molar-refractivity contribution < 1.29 is 42.7 Å². The van der Waals surface area contributed by atoms with Crippen LogP contribution in [-0.2, 0) is 37.6 Å². The summed E-state index contributed by atoms with van der Waals surface area (Å²) in [5, 5.41) is 9.00. The van der Waals surface area contributed by atoms with E-state index in [0.29, 0.717) is 19.3 Å². The van der Waals surface area contributed by atoms with Crippen LogP contribution >= 0.6 is 15.9 Å². The molecule has 242 valence electrons. The number of hydrogen-bond acceptors (Lipinski definition) is 9. The molecule has 0 aliphatic carbocycles. The first kappa shape index (κ1) is 38.9. The Balaban J connectivity index is 3.51. The van der Waals surface area contributed by atoms with Gasteiger partial charge in [-0.05, 0) is 50.0 Å². The first-order valence-electron chi connectivity index (χ1n) is 14.4. The highest BCUT2D eigenvalue weighted by molar-refractivity contribution is 9.11. The molecule has 7 atom stereocenters. The molecule has 11 heteroatoms. The van der Waals surface area contributed by atoms with E-state index in [0.717, 1.165) is 4.48 Å². The van der Waals surface area contributed by atoms with Gasteiger partial charge in [0, 0.05) is 32.2 Å². The van der Waals surface area contributed by atoms with Gasteiger partial charge in [0.05, 0.1) is 32.0 Å². The molecule has 1 aliphatic rings. The summed E-state index contributed by atoms with van der Waals surface area (Å²) in [5.74, 6) is -0.258. The van der Waals surface area contributed by atoms with Gasteiger partial charge in [0.1, 0.15) is 18.3 Å². The molecular formula is C31H53BrO9Si. The van der Waals surface area contributed by atoms with Crippen molar-refractivity contribution in [2.45, 2.75) is 108 Å². The van der Waals surface area contributed by atoms with Crippen molar-refractivity contribution in [3.63, 3.8) is 0 Å². The minimum Gasteiger partial charge on any atom is -0.469 e. The number of methoxy groups -OCH3 is 4. The van der Waals surface area contributed by atoms with Gasteiger partial charge < -0.3 is 38.0 Å². The molecular weight excluding hydrogens is 624 g/mol. The standard InChI is InChI=1S/C31H53BrO9Si/c1-22-27(36-6)28(37-7)29(38-8)30(39-22)40-24(18-14-11-15-19-26(34)35-5)25(41-42(9,10)31(2,3)4)21-23(32)17-13-12-16-20-33/h11-14,16-17,21-22,24-25,27-30,33H,15,18-20H2,1-10H3/b14-11+,16-12-,17-13+,23-21-/t22-,24-,25+,27-,28+,29+,30-/m0/s1. The molecule has 0 radical (unpaired) electrons. The summed E-state index contributed by atoms with van der Waals surface area (Å²) in [5.41, 5.74) is 0. The number of aliphatic hydroxyl groups is 1. The van der Waals surface area contributed by atoms with Crippen LogP contribution in [0.3, 0.4) is 0 Å². The second-order valence-electron chi connectivity index (χ2n) is 11.7. The Kier molecular flexibility index (Phi) is 17.8. The van der Waals surface area contributed by atoms with Crippen LogP contribution in [0.15, 0.2) is 47.0 Å². The zero-order valence-corrected chi connectivity index (χ0v) is 29.6. The van der Waals surface area contributed by atoms with E-state index in [1.165, 1.54) is 7.11 Å². The fourth-order valence-corrected chi connectivity index (χ4v) is 5.92. The summed E-state index contributed by atoms with van der Waals surface area (Å²) in [6, 6.07) is 0. The SMILES string of the molecule is COC(=O)CC/C=C/C[C@H](O[C@@H]1O[C@@H](C)[C@H](OC)[C@@H](OC)[C@H]1OC)[C@@H](/C=C(Br)/C=C/C=C\CO)O[Si](C)(C)C(C)(C)C. The topological polar surface area (TPSA) is 102 Å². The van der Waals surface area contributed by atoms with Gasteiger partial charge in [-0.25, -0.2) is 0 Å². The lowest BCUT2D eigenvalue weighted by atomic mass is 9.99. The average molecular weight is 678 g/mol. The van der Waals surface area contributed by atoms with Gasteiger partial charge in [0.2, 0.25) is 0 Å². The minimum absolute atomic E-state index is 0.0338. The summed E-state index contributed by atoms with van der Waals surface area (Å²) in [4.78, 5) is 11.6. The van der Waals surface area contributed by atoms with E-state index < -0.39 is 39.0 Å². The third kappa shape index (κ3) is 12.5. The third-order valence-electron chi connectivity index (χ3n) is 7.67. The molecule has 0 aromatic carbocycles. The predicted octanol–water partition coefficient (Wildman–Crippen LogP) is 5.83. The van der Waals surface area contributed by atoms with Gasteiger partial charge in [-0.1, -0.05) is 67.1 Å². The quantitative estimate of drug-likeness (QED) is 0.0882. The van der Waals surface area contributed by atoms with Crippen LogP contribution in [0.5, 0.6) is 0 Å². The molecule has 0 aromatic rings. The van der Waals surface area contributed by atoms with Gasteiger partial charge in [-0.3, -0.25) is 4.79 Å². The number of halogens is 1. The van der Waals surface area contributed by atoms with Gasteiger partial charge >= 0.3 is 5.97 Å². The van der Waals surface area contributed by atoms with E-state index in [2.05, 4.69) is 49.8 Å². The van der Waals surface area contributed by atoms with Gasteiger partial charge in [-0.2, -0.15) is 0 Å². The molecule has 42 heavy (non-hydrogen) atoms. The summed E-state index contributed by atoms with van der Waals surface area (Å²) < 4.78 is 42.9. The Morgan fingerprint density at radius 1 is 1.00 bits per heavy atom. The number of aliphatic hydroxyl groups excluding tert-OH is 1. The molecule has 9 nitrogen and oxygen atoms in total. The molecule has 1 saturated heterocycles. The highest BCUT2D eigenvalue weighted by atomic mass is 79.9. The molecule has 1 heterocycles. The predicted molar refractivity (Wildman–Crippen MR) is 171 cm³/mol. The molecule has 1 fully saturated rings. The summed E-state index contributed by atoms with van der Waals surface area (Å²) in [6.07, 6.45) is 11.1. The molecule has 1 N–H and O–H groups in total. The van der Waals surface area contributed by atoms with Crippen molar-refractivity contribution in [2.24, 2.45) is 0 Å². The maximum absolute atomic E-state index is 11.6. The number of esters is 1. The van der Waals surface area contributed by atoms with Crippen molar-refractivity contribution in [3.05, 3.63) is 47.0 Å². The van der Waals surface area contributed by atoms with Crippen LogP contribution < -0.4 is 0 Å². The molecule has 0 unspecified atom stereocenters. The molecule has 0 aromatic heterocycles. The number of carbonyl (C=O) groups excluding carboxylic acids is 1. The van der Waals surface area contributed by atoms with Crippen molar-refractivity contribution in [1.82, 2.24) is 0 Å². The smallest absolute Gasteiger partial charge is 0.305 e. The maximum atomic E-state index is 11.6. The van der Waals surface area contributed by atoms with E-state index in [9.17, 15) is 4.79 Å². The Hall–Kier alpha value is -1.15. The van der Waals surface area contributed by atoms with Crippen LogP contribution in [0.1, 0.15) is 47.0 Å². The second-order valence-corrected chi connectivity index (χ2v) is 17.3. The fourth-order valence-electron chi connectivity index (χ4n) is 4.25. The average Bonchev–Trinajstić information content (AvgIpc) is 2.92. The molecule has 0 spiro atoms. The number of allylic oxidation sites excluding steroid dienone is 5. The van der Waals surface area contributed by atoms with E-state index in [-0.39, 0.29) is 29.8 Å². The molecule has 1 rings (SSSR count). The molecule has 1 aliphatic heterocycles. The molecule has 0 saturated carbocycles. The highest BCUT2D eigenvalue weighted by Gasteiger charge is 2.48. The highest BCUT2D eigenvalue weighted by Crippen LogP contribution is 2.39. The Labute approximate surface area is 262 Å². The van der Waals surface area contributed by atoms with Gasteiger partial charge in [0.15, 0.2) is 14.6 Å². The van der Waals surface area contributed by atoms with E-state index in [1.807, 2.05) is 37.3 Å². The van der Waals surface area contributed by atoms with Crippen molar-refractivity contribution in [2.75, 3.05) is 35.0 Å². The summed E-state index contributed by atoms with van der Waals surface area (Å²) in [7, 11) is 3.96. The fraction of sp³-hybridized carbons (Fsp3) is 0.710. The zero-order chi connectivity index (χ0) is 31.9. The number of carbonyl (C=O) groups is 1. The Bertz CT molecular complexity index is 913. The molecule has 0 bridgehead atoms. The zero-order valence-electron chi connectivity index (χ0n) is 27.0. The third-order valence-corrected chi connectivity index (χ3v) is 12.7. The Morgan fingerprint density at radius 2 is 1.64 bits per heavy atom. The van der Waals surface area contributed by atoms with Gasteiger partial charge in [-0.15, -0.1) is 0 Å². The van der Waals surface area contributed by atoms with Crippen LogP contribution in [0.25, 0.3) is 0 Å². The first-order chi connectivity index (χ1) is 19.8. The second kappa shape index (κ2) is 19.3. The van der Waals surface area contributed by atoms with Crippen LogP contribution in [0, 0.1) is 0 Å². The normalized spacial score (nSPS) is 25.9.